The van der Waals surface area contributed by atoms with Gasteiger partial charge in [-0.3, -0.25) is 4.79 Å². The first-order chi connectivity index (χ1) is 5.84. The SMILES string of the molecule is CC(C)(C)C(C#N)C(C#N)C(=O)O. The summed E-state index contributed by atoms with van der Waals surface area (Å²) in [5.74, 6) is -3.26. The van der Waals surface area contributed by atoms with Crippen LogP contribution in [0.1, 0.15) is 20.8 Å². The predicted octanol–water partition coefficient (Wildman–Crippen LogP) is 1.40. The summed E-state index contributed by atoms with van der Waals surface area (Å²) in [6.07, 6.45) is 0. The zero-order valence-corrected chi connectivity index (χ0v) is 7.90. The molecule has 0 fully saturated rings. The van der Waals surface area contributed by atoms with E-state index in [9.17, 15) is 4.79 Å². The van der Waals surface area contributed by atoms with Crippen LogP contribution in [0.15, 0.2) is 0 Å². The van der Waals surface area contributed by atoms with E-state index in [0.29, 0.717) is 0 Å². The predicted molar refractivity (Wildman–Crippen MR) is 45.3 cm³/mol. The molecule has 13 heavy (non-hydrogen) atoms. The third kappa shape index (κ3) is 2.76. The van der Waals surface area contributed by atoms with Crippen molar-refractivity contribution in [2.24, 2.45) is 17.3 Å². The Morgan fingerprint density at radius 1 is 1.31 bits per heavy atom. The van der Waals surface area contributed by atoms with E-state index in [0.717, 1.165) is 0 Å². The zero-order valence-electron chi connectivity index (χ0n) is 7.90. The quantitative estimate of drug-likeness (QED) is 0.695. The third-order valence-electron chi connectivity index (χ3n) is 1.81. The molecule has 70 valence electrons. The topological polar surface area (TPSA) is 84.9 Å². The van der Waals surface area contributed by atoms with E-state index >= 15 is 0 Å². The van der Waals surface area contributed by atoms with E-state index < -0.39 is 23.2 Å². The van der Waals surface area contributed by atoms with Gasteiger partial charge in [0.2, 0.25) is 0 Å². The normalized spacial score (nSPS) is 15.2. The lowest BCUT2D eigenvalue weighted by Crippen LogP contribution is -2.31. The van der Waals surface area contributed by atoms with Crippen molar-refractivity contribution in [3.8, 4) is 12.1 Å². The first-order valence-electron chi connectivity index (χ1n) is 3.86. The van der Waals surface area contributed by atoms with Gasteiger partial charge in [-0.25, -0.2) is 0 Å². The Morgan fingerprint density at radius 3 is 1.85 bits per heavy atom. The first kappa shape index (κ1) is 11.4. The highest BCUT2D eigenvalue weighted by Gasteiger charge is 2.36. The van der Waals surface area contributed by atoms with Gasteiger partial charge in [-0.2, -0.15) is 10.5 Å². The number of nitrogens with zero attached hydrogens (tertiary/aromatic N) is 2. The maximum Gasteiger partial charge on any atom is 0.322 e. The van der Waals surface area contributed by atoms with Crippen LogP contribution in [0.5, 0.6) is 0 Å². The Bertz CT molecular complexity index is 277. The van der Waals surface area contributed by atoms with E-state index in [4.69, 9.17) is 15.6 Å². The third-order valence-corrected chi connectivity index (χ3v) is 1.81. The lowest BCUT2D eigenvalue weighted by Gasteiger charge is -2.25. The number of nitriles is 2. The molecule has 0 saturated heterocycles. The fourth-order valence-electron chi connectivity index (χ4n) is 1.04. The molecule has 0 radical (unpaired) electrons. The average Bonchev–Trinajstić information content (AvgIpc) is 1.96. The second-order valence-electron chi connectivity index (χ2n) is 3.92. The molecule has 0 aliphatic rings. The molecular weight excluding hydrogens is 168 g/mol. The molecule has 4 heteroatoms. The van der Waals surface area contributed by atoms with Crippen LogP contribution in [0.4, 0.5) is 0 Å². The number of hydrogen-bond donors (Lipinski definition) is 1. The van der Waals surface area contributed by atoms with E-state index in [-0.39, 0.29) is 0 Å². The van der Waals surface area contributed by atoms with Crippen molar-refractivity contribution in [2.75, 3.05) is 0 Å². The zero-order chi connectivity index (χ0) is 10.6. The maximum atomic E-state index is 10.6. The van der Waals surface area contributed by atoms with Gasteiger partial charge in [0.15, 0.2) is 5.92 Å². The molecular formula is C9H12N2O2. The van der Waals surface area contributed by atoms with Gasteiger partial charge in [0, 0.05) is 0 Å². The Balaban J connectivity index is 4.91. The molecule has 1 N–H and O–H groups in total. The van der Waals surface area contributed by atoms with Crippen LogP contribution < -0.4 is 0 Å². The second-order valence-corrected chi connectivity index (χ2v) is 3.92. The number of hydrogen-bond acceptors (Lipinski definition) is 3. The molecule has 2 atom stereocenters. The maximum absolute atomic E-state index is 10.6. The van der Waals surface area contributed by atoms with Crippen molar-refractivity contribution in [1.29, 1.82) is 10.5 Å². The van der Waals surface area contributed by atoms with Gasteiger partial charge in [0.05, 0.1) is 18.1 Å². The number of carboxylic acid groups (broad SMARTS) is 1. The summed E-state index contributed by atoms with van der Waals surface area (Å²) in [5, 5.41) is 26.0. The highest BCUT2D eigenvalue weighted by atomic mass is 16.4. The average molecular weight is 180 g/mol. The molecule has 0 aromatic rings. The Labute approximate surface area is 77.4 Å². The molecule has 0 heterocycles. The van der Waals surface area contributed by atoms with E-state index in [2.05, 4.69) is 0 Å². The summed E-state index contributed by atoms with van der Waals surface area (Å²) in [5.41, 5.74) is -0.493. The molecule has 0 aromatic carbocycles. The van der Waals surface area contributed by atoms with Crippen LogP contribution in [0.2, 0.25) is 0 Å². The van der Waals surface area contributed by atoms with Crippen molar-refractivity contribution in [1.82, 2.24) is 0 Å². The molecule has 0 aliphatic heterocycles. The molecule has 0 bridgehead atoms. The van der Waals surface area contributed by atoms with E-state index in [1.807, 2.05) is 6.07 Å². The minimum Gasteiger partial charge on any atom is -0.480 e. The van der Waals surface area contributed by atoms with E-state index in [1.54, 1.807) is 26.8 Å². The van der Waals surface area contributed by atoms with Crippen molar-refractivity contribution in [2.45, 2.75) is 20.8 Å². The van der Waals surface area contributed by atoms with Crippen LogP contribution in [-0.2, 0) is 4.79 Å². The van der Waals surface area contributed by atoms with Crippen LogP contribution in [0.3, 0.4) is 0 Å². The van der Waals surface area contributed by atoms with E-state index in [1.165, 1.54) is 0 Å². The second kappa shape index (κ2) is 3.91. The summed E-state index contributed by atoms with van der Waals surface area (Å²) < 4.78 is 0. The van der Waals surface area contributed by atoms with Crippen LogP contribution in [-0.4, -0.2) is 11.1 Å². The largest absolute Gasteiger partial charge is 0.480 e. The molecule has 2 unspecified atom stereocenters. The Morgan fingerprint density at radius 2 is 1.77 bits per heavy atom. The Kier molecular flexibility index (Phi) is 3.44. The summed E-state index contributed by atoms with van der Waals surface area (Å²) in [6, 6.07) is 3.51. The van der Waals surface area contributed by atoms with Gasteiger partial charge in [-0.15, -0.1) is 0 Å². The minimum atomic E-state index is -1.25. The molecule has 0 aromatic heterocycles. The molecule has 0 amide bonds. The molecule has 0 saturated carbocycles. The van der Waals surface area contributed by atoms with Gasteiger partial charge in [-0.1, -0.05) is 20.8 Å². The Hall–Kier alpha value is -1.55. The van der Waals surface area contributed by atoms with Crippen molar-refractivity contribution in [3.63, 3.8) is 0 Å². The number of carbonyl (C=O) groups is 1. The van der Waals surface area contributed by atoms with Crippen molar-refractivity contribution in [3.05, 3.63) is 0 Å². The van der Waals surface area contributed by atoms with Crippen LogP contribution in [0.25, 0.3) is 0 Å². The summed E-state index contributed by atoms with van der Waals surface area (Å²) in [6.45, 7) is 5.23. The lowest BCUT2D eigenvalue weighted by atomic mass is 9.74. The lowest BCUT2D eigenvalue weighted by molar-refractivity contribution is -0.141. The highest BCUT2D eigenvalue weighted by Crippen LogP contribution is 2.31. The van der Waals surface area contributed by atoms with Gasteiger partial charge in [-0.05, 0) is 5.41 Å². The smallest absolute Gasteiger partial charge is 0.322 e. The van der Waals surface area contributed by atoms with Gasteiger partial charge >= 0.3 is 5.97 Å². The fourth-order valence-corrected chi connectivity index (χ4v) is 1.04. The first-order valence-corrected chi connectivity index (χ1v) is 3.86. The number of rotatable bonds is 2. The molecule has 0 aliphatic carbocycles. The van der Waals surface area contributed by atoms with Crippen molar-refractivity contribution >= 4 is 5.97 Å². The fraction of sp³-hybridized carbons (Fsp3) is 0.667. The van der Waals surface area contributed by atoms with Crippen LogP contribution in [0, 0.1) is 39.9 Å². The molecule has 0 spiro atoms. The van der Waals surface area contributed by atoms with Gasteiger partial charge < -0.3 is 5.11 Å². The minimum absolute atomic E-state index is 0.493. The summed E-state index contributed by atoms with van der Waals surface area (Å²) >= 11 is 0. The number of carboxylic acids is 1. The van der Waals surface area contributed by atoms with Crippen LogP contribution >= 0.6 is 0 Å². The molecule has 4 nitrogen and oxygen atoms in total. The van der Waals surface area contributed by atoms with Crippen molar-refractivity contribution < 1.29 is 9.90 Å². The number of aliphatic carboxylic acids is 1. The standard InChI is InChI=1S/C9H12N2O2/c1-9(2,3)7(5-11)6(4-10)8(12)13/h6-7H,1-3H3,(H,12,13). The summed E-state index contributed by atoms with van der Waals surface area (Å²) in [4.78, 5) is 10.6. The molecule has 0 rings (SSSR count). The monoisotopic (exact) mass is 180 g/mol. The highest BCUT2D eigenvalue weighted by molar-refractivity contribution is 5.73. The van der Waals surface area contributed by atoms with Gasteiger partial charge in [0.25, 0.3) is 0 Å². The van der Waals surface area contributed by atoms with Gasteiger partial charge in [0.1, 0.15) is 0 Å². The summed E-state index contributed by atoms with van der Waals surface area (Å²) in [7, 11) is 0.